The summed E-state index contributed by atoms with van der Waals surface area (Å²) in [6, 6.07) is 4.21. The summed E-state index contributed by atoms with van der Waals surface area (Å²) in [5.74, 6) is 0.967. The van der Waals surface area contributed by atoms with Crippen LogP contribution in [0, 0.1) is 0 Å². The average molecular weight is 249 g/mol. The van der Waals surface area contributed by atoms with Crippen LogP contribution in [0.25, 0.3) is 0 Å². The molecule has 18 heavy (non-hydrogen) atoms. The van der Waals surface area contributed by atoms with Crippen molar-refractivity contribution in [3.05, 3.63) is 18.3 Å². The molecular weight excluding hydrogens is 226 g/mol. The number of aromatic nitrogens is 1. The molecule has 0 radical (unpaired) electrons. The van der Waals surface area contributed by atoms with E-state index in [9.17, 15) is 0 Å². The van der Waals surface area contributed by atoms with E-state index < -0.39 is 0 Å². The van der Waals surface area contributed by atoms with Gasteiger partial charge in [-0.3, -0.25) is 0 Å². The molecule has 100 valence electrons. The summed E-state index contributed by atoms with van der Waals surface area (Å²) in [7, 11) is 1.80. The van der Waals surface area contributed by atoms with Gasteiger partial charge in [0.2, 0.25) is 0 Å². The maximum absolute atomic E-state index is 5.47. The predicted octanol–water partition coefficient (Wildman–Crippen LogP) is 2.52. The number of nitrogens with zero attached hydrogens (tertiary/aromatic N) is 2. The van der Waals surface area contributed by atoms with Crippen molar-refractivity contribution in [2.45, 2.75) is 32.3 Å². The first-order valence-corrected chi connectivity index (χ1v) is 6.81. The highest BCUT2D eigenvalue weighted by Crippen LogP contribution is 2.22. The standard InChI is InChI=1S/C14H23N3O/c1-3-7-15-14-10-12(6-8-16-14)17-9-4-5-13(11-17)18-2/h6,8,10,13H,3-5,7,9,11H2,1-2H3,(H,15,16). The fraction of sp³-hybridized carbons (Fsp3) is 0.643. The number of nitrogens with one attached hydrogen (secondary N) is 1. The SMILES string of the molecule is CCCNc1cc(N2CCCC(OC)C2)ccn1. The van der Waals surface area contributed by atoms with E-state index in [1.54, 1.807) is 7.11 Å². The minimum atomic E-state index is 0.360. The topological polar surface area (TPSA) is 37.4 Å². The van der Waals surface area contributed by atoms with E-state index in [2.05, 4.69) is 34.3 Å². The van der Waals surface area contributed by atoms with Crippen LogP contribution >= 0.6 is 0 Å². The second-order valence-electron chi connectivity index (χ2n) is 4.77. The van der Waals surface area contributed by atoms with Crippen molar-refractivity contribution in [3.8, 4) is 0 Å². The van der Waals surface area contributed by atoms with E-state index in [0.717, 1.165) is 31.9 Å². The van der Waals surface area contributed by atoms with Crippen molar-refractivity contribution in [1.82, 2.24) is 4.98 Å². The molecule has 2 heterocycles. The molecular formula is C14H23N3O. The summed E-state index contributed by atoms with van der Waals surface area (Å²) in [5.41, 5.74) is 1.24. The van der Waals surface area contributed by atoms with Gasteiger partial charge in [0.05, 0.1) is 6.10 Å². The third-order valence-corrected chi connectivity index (χ3v) is 3.38. The van der Waals surface area contributed by atoms with Crippen molar-refractivity contribution in [2.24, 2.45) is 0 Å². The van der Waals surface area contributed by atoms with Gasteiger partial charge in [0.25, 0.3) is 0 Å². The number of piperidine rings is 1. The molecule has 0 aromatic carbocycles. The van der Waals surface area contributed by atoms with Crippen molar-refractivity contribution in [1.29, 1.82) is 0 Å². The van der Waals surface area contributed by atoms with Gasteiger partial charge in [-0.05, 0) is 25.3 Å². The van der Waals surface area contributed by atoms with Crippen molar-refractivity contribution >= 4 is 11.5 Å². The lowest BCUT2D eigenvalue weighted by Gasteiger charge is -2.33. The van der Waals surface area contributed by atoms with Crippen LogP contribution in [0.5, 0.6) is 0 Å². The van der Waals surface area contributed by atoms with Crippen LogP contribution in [0.15, 0.2) is 18.3 Å². The number of methoxy groups -OCH3 is 1. The Labute approximate surface area is 109 Å². The molecule has 1 N–H and O–H groups in total. The zero-order chi connectivity index (χ0) is 12.8. The number of pyridine rings is 1. The smallest absolute Gasteiger partial charge is 0.127 e. The molecule has 0 aliphatic carbocycles. The Morgan fingerprint density at radius 3 is 3.22 bits per heavy atom. The number of rotatable bonds is 5. The molecule has 1 unspecified atom stereocenters. The normalized spacial score (nSPS) is 19.9. The molecule has 1 atom stereocenters. The number of ether oxygens (including phenoxy) is 1. The third-order valence-electron chi connectivity index (χ3n) is 3.38. The zero-order valence-electron chi connectivity index (χ0n) is 11.4. The molecule has 1 aromatic rings. The van der Waals surface area contributed by atoms with E-state index in [1.807, 2.05) is 6.20 Å². The fourth-order valence-electron chi connectivity index (χ4n) is 2.33. The van der Waals surface area contributed by atoms with E-state index >= 15 is 0 Å². The van der Waals surface area contributed by atoms with E-state index in [4.69, 9.17) is 4.74 Å². The Kier molecular flexibility index (Phi) is 4.81. The molecule has 1 aromatic heterocycles. The Morgan fingerprint density at radius 1 is 1.56 bits per heavy atom. The second kappa shape index (κ2) is 6.59. The lowest BCUT2D eigenvalue weighted by Crippen LogP contribution is -2.39. The van der Waals surface area contributed by atoms with Crippen LogP contribution in [0.4, 0.5) is 11.5 Å². The second-order valence-corrected chi connectivity index (χ2v) is 4.77. The van der Waals surface area contributed by atoms with Gasteiger partial charge < -0.3 is 15.0 Å². The number of hydrogen-bond acceptors (Lipinski definition) is 4. The van der Waals surface area contributed by atoms with E-state index in [0.29, 0.717) is 6.10 Å². The van der Waals surface area contributed by atoms with Crippen LogP contribution in [-0.4, -0.2) is 37.8 Å². The molecule has 2 rings (SSSR count). The quantitative estimate of drug-likeness (QED) is 0.870. The van der Waals surface area contributed by atoms with Gasteiger partial charge in [0.15, 0.2) is 0 Å². The van der Waals surface area contributed by atoms with Gasteiger partial charge in [-0.15, -0.1) is 0 Å². The summed E-state index contributed by atoms with van der Waals surface area (Å²) in [6.45, 7) is 5.21. The Balaban J connectivity index is 2.02. The zero-order valence-corrected chi connectivity index (χ0v) is 11.4. The molecule has 4 heteroatoms. The highest BCUT2D eigenvalue weighted by Gasteiger charge is 2.19. The summed E-state index contributed by atoms with van der Waals surface area (Å²) < 4.78 is 5.47. The lowest BCUT2D eigenvalue weighted by molar-refractivity contribution is 0.0893. The van der Waals surface area contributed by atoms with Crippen LogP contribution in [-0.2, 0) is 4.74 Å². The summed E-state index contributed by atoms with van der Waals surface area (Å²) in [4.78, 5) is 6.73. The molecule has 4 nitrogen and oxygen atoms in total. The monoisotopic (exact) mass is 249 g/mol. The molecule has 0 bridgehead atoms. The van der Waals surface area contributed by atoms with Gasteiger partial charge in [-0.1, -0.05) is 6.92 Å². The van der Waals surface area contributed by atoms with E-state index in [-0.39, 0.29) is 0 Å². The highest BCUT2D eigenvalue weighted by molar-refractivity contribution is 5.54. The van der Waals surface area contributed by atoms with Gasteiger partial charge in [-0.2, -0.15) is 0 Å². The maximum atomic E-state index is 5.47. The first kappa shape index (κ1) is 13.1. The summed E-state index contributed by atoms with van der Waals surface area (Å²) in [5, 5.41) is 3.33. The van der Waals surface area contributed by atoms with Gasteiger partial charge in [0.1, 0.15) is 5.82 Å². The molecule has 0 amide bonds. The highest BCUT2D eigenvalue weighted by atomic mass is 16.5. The van der Waals surface area contributed by atoms with Crippen LogP contribution in [0.3, 0.4) is 0 Å². The molecule has 0 saturated carbocycles. The van der Waals surface area contributed by atoms with Crippen molar-refractivity contribution in [2.75, 3.05) is 37.0 Å². The molecule has 1 aliphatic rings. The number of hydrogen-bond donors (Lipinski definition) is 1. The molecule has 0 spiro atoms. The lowest BCUT2D eigenvalue weighted by atomic mass is 10.1. The largest absolute Gasteiger partial charge is 0.380 e. The maximum Gasteiger partial charge on any atom is 0.127 e. The molecule has 1 fully saturated rings. The van der Waals surface area contributed by atoms with Crippen LogP contribution in [0.2, 0.25) is 0 Å². The Bertz CT molecular complexity index is 370. The van der Waals surface area contributed by atoms with Gasteiger partial charge in [0, 0.05) is 44.7 Å². The van der Waals surface area contributed by atoms with Crippen molar-refractivity contribution in [3.63, 3.8) is 0 Å². The van der Waals surface area contributed by atoms with Gasteiger partial charge in [-0.25, -0.2) is 4.98 Å². The Hall–Kier alpha value is -1.29. The first-order valence-electron chi connectivity index (χ1n) is 6.81. The van der Waals surface area contributed by atoms with Gasteiger partial charge >= 0.3 is 0 Å². The predicted molar refractivity (Wildman–Crippen MR) is 75.3 cm³/mol. The average Bonchev–Trinajstić information content (AvgIpc) is 2.45. The first-order chi connectivity index (χ1) is 8.83. The van der Waals surface area contributed by atoms with E-state index in [1.165, 1.54) is 18.5 Å². The minimum Gasteiger partial charge on any atom is -0.380 e. The van der Waals surface area contributed by atoms with Crippen LogP contribution in [0.1, 0.15) is 26.2 Å². The summed E-state index contributed by atoms with van der Waals surface area (Å²) in [6.07, 6.45) is 5.71. The third kappa shape index (κ3) is 3.35. The number of anilines is 2. The van der Waals surface area contributed by atoms with Crippen molar-refractivity contribution < 1.29 is 4.74 Å². The Morgan fingerprint density at radius 2 is 2.44 bits per heavy atom. The molecule has 1 aliphatic heterocycles. The fourth-order valence-corrected chi connectivity index (χ4v) is 2.33. The molecule has 1 saturated heterocycles. The minimum absolute atomic E-state index is 0.360. The van der Waals surface area contributed by atoms with Crippen LogP contribution < -0.4 is 10.2 Å². The summed E-state index contributed by atoms with van der Waals surface area (Å²) >= 11 is 0.